The Hall–Kier alpha value is 1.35. The maximum Gasteiger partial charge on any atom is 1.00 e. The van der Waals surface area contributed by atoms with E-state index in [0.717, 1.165) is 38.5 Å². The van der Waals surface area contributed by atoms with Crippen molar-refractivity contribution < 1.29 is 64.6 Å². The molecule has 0 aromatic heterocycles. The van der Waals surface area contributed by atoms with Crippen molar-refractivity contribution in [2.75, 3.05) is 12.4 Å². The first kappa shape index (κ1) is 22.5. The minimum absolute atomic E-state index is 0. The molecule has 0 heterocycles. The van der Waals surface area contributed by atoms with Gasteiger partial charge >= 0.3 is 29.6 Å². The van der Waals surface area contributed by atoms with E-state index in [1.807, 2.05) is 0 Å². The summed E-state index contributed by atoms with van der Waals surface area (Å²) < 4.78 is 29.1. The van der Waals surface area contributed by atoms with Gasteiger partial charge in [-0.05, 0) is 12.8 Å². The van der Waals surface area contributed by atoms with Crippen molar-refractivity contribution in [1.29, 1.82) is 0 Å². The van der Waals surface area contributed by atoms with Crippen molar-refractivity contribution in [1.82, 2.24) is 0 Å². The minimum atomic E-state index is -3.76. The summed E-state index contributed by atoms with van der Waals surface area (Å²) in [7, 11) is -3.76. The van der Waals surface area contributed by atoms with Gasteiger partial charge in [0.2, 0.25) is 0 Å². The van der Waals surface area contributed by atoms with E-state index in [1.165, 1.54) is 0 Å². The molecule has 94 valence electrons. The first-order valence-electron chi connectivity index (χ1n) is 5.12. The summed E-state index contributed by atoms with van der Waals surface area (Å²) in [6, 6.07) is 0. The average Bonchev–Trinajstić information content (AvgIpc) is 2.08. The van der Waals surface area contributed by atoms with E-state index < -0.39 is 10.1 Å². The first-order valence-corrected chi connectivity index (χ1v) is 6.73. The Balaban J connectivity index is -0.000000845. The SMILES string of the molecule is O=S(=O)(O)CCCCCCCCCO.[Br-].[Na+]. The molecule has 2 N–H and O–H groups in total. The molecular formula is C9H20BrNaO4S. The summed E-state index contributed by atoms with van der Waals surface area (Å²) in [5, 5.41) is 8.50. The van der Waals surface area contributed by atoms with Gasteiger partial charge in [0.05, 0.1) is 5.75 Å². The van der Waals surface area contributed by atoms with Crippen LogP contribution in [-0.4, -0.2) is 30.4 Å². The molecule has 0 atom stereocenters. The Kier molecular flexibility index (Phi) is 20.3. The van der Waals surface area contributed by atoms with Crippen LogP contribution in [0.2, 0.25) is 0 Å². The molecule has 0 radical (unpaired) electrons. The number of rotatable bonds is 9. The van der Waals surface area contributed by atoms with Gasteiger partial charge < -0.3 is 22.1 Å². The topological polar surface area (TPSA) is 74.6 Å². The standard InChI is InChI=1S/C9H20O4S.BrH.Na/c10-8-6-4-2-1-3-5-7-9-14(11,12)13;;/h10H,1-9H2,(H,11,12,13);1H;/q;;+1/p-1. The van der Waals surface area contributed by atoms with Gasteiger partial charge in [-0.15, -0.1) is 0 Å². The molecule has 4 nitrogen and oxygen atoms in total. The minimum Gasteiger partial charge on any atom is -1.00 e. The quantitative estimate of drug-likeness (QED) is 0.255. The number of halogens is 1. The van der Waals surface area contributed by atoms with E-state index in [1.54, 1.807) is 0 Å². The van der Waals surface area contributed by atoms with Crippen LogP contribution in [0.25, 0.3) is 0 Å². The number of aliphatic hydroxyl groups is 1. The third kappa shape index (κ3) is 20.7. The van der Waals surface area contributed by atoms with E-state index in [-0.39, 0.29) is 58.9 Å². The second-order valence-corrected chi connectivity index (χ2v) is 5.06. The molecule has 16 heavy (non-hydrogen) atoms. The zero-order valence-electron chi connectivity index (χ0n) is 9.86. The van der Waals surface area contributed by atoms with Crippen LogP contribution in [0.1, 0.15) is 44.9 Å². The van der Waals surface area contributed by atoms with Crippen LogP contribution >= 0.6 is 0 Å². The normalized spacial score (nSPS) is 10.4. The number of hydrogen-bond acceptors (Lipinski definition) is 3. The summed E-state index contributed by atoms with van der Waals surface area (Å²) in [4.78, 5) is 0. The van der Waals surface area contributed by atoms with Crippen molar-refractivity contribution in [3.8, 4) is 0 Å². The zero-order valence-corrected chi connectivity index (χ0v) is 14.3. The molecule has 0 aliphatic heterocycles. The first-order chi connectivity index (χ1) is 6.56. The van der Waals surface area contributed by atoms with Crippen molar-refractivity contribution in [2.45, 2.75) is 44.9 Å². The molecule has 0 amide bonds. The molecule has 0 unspecified atom stereocenters. The van der Waals surface area contributed by atoms with Crippen molar-refractivity contribution >= 4 is 10.1 Å². The Morgan fingerprint density at radius 1 is 0.812 bits per heavy atom. The van der Waals surface area contributed by atoms with Gasteiger partial charge in [0.15, 0.2) is 0 Å². The van der Waals surface area contributed by atoms with Crippen LogP contribution in [0.5, 0.6) is 0 Å². The molecule has 0 saturated heterocycles. The van der Waals surface area contributed by atoms with E-state index >= 15 is 0 Å². The number of aliphatic hydroxyl groups excluding tert-OH is 1. The number of unbranched alkanes of at least 4 members (excludes halogenated alkanes) is 6. The third-order valence-corrected chi connectivity index (χ3v) is 2.86. The van der Waals surface area contributed by atoms with Gasteiger partial charge in [-0.3, -0.25) is 4.55 Å². The Morgan fingerprint density at radius 3 is 1.56 bits per heavy atom. The van der Waals surface area contributed by atoms with E-state index in [2.05, 4.69) is 0 Å². The maximum absolute atomic E-state index is 10.3. The van der Waals surface area contributed by atoms with E-state index in [4.69, 9.17) is 9.66 Å². The van der Waals surface area contributed by atoms with E-state index in [0.29, 0.717) is 6.42 Å². The molecular weight excluding hydrogens is 307 g/mol. The van der Waals surface area contributed by atoms with Gasteiger partial charge in [-0.1, -0.05) is 32.1 Å². The van der Waals surface area contributed by atoms with Crippen LogP contribution in [0.3, 0.4) is 0 Å². The molecule has 0 spiro atoms. The Labute approximate surface area is 131 Å². The fourth-order valence-electron chi connectivity index (χ4n) is 1.28. The summed E-state index contributed by atoms with van der Waals surface area (Å²) in [5.74, 6) is -0.121. The molecule has 0 aromatic rings. The molecule has 0 rings (SSSR count). The second kappa shape index (κ2) is 14.4. The smallest absolute Gasteiger partial charge is 1.00 e. The summed E-state index contributed by atoms with van der Waals surface area (Å²) in [5.41, 5.74) is 0. The summed E-state index contributed by atoms with van der Waals surface area (Å²) in [6.45, 7) is 0.253. The van der Waals surface area contributed by atoms with Crippen molar-refractivity contribution in [2.24, 2.45) is 0 Å². The fourth-order valence-corrected chi connectivity index (χ4v) is 1.85. The molecule has 0 aliphatic rings. The predicted molar refractivity (Wildman–Crippen MR) is 55.8 cm³/mol. The van der Waals surface area contributed by atoms with Crippen molar-refractivity contribution in [3.63, 3.8) is 0 Å². The molecule has 0 aliphatic carbocycles. The molecule has 7 heteroatoms. The van der Waals surface area contributed by atoms with Gasteiger partial charge in [0.25, 0.3) is 10.1 Å². The molecule has 0 aromatic carbocycles. The second-order valence-electron chi connectivity index (χ2n) is 3.48. The fraction of sp³-hybridized carbons (Fsp3) is 1.00. The van der Waals surface area contributed by atoms with Gasteiger partial charge in [-0.25, -0.2) is 0 Å². The molecule has 0 bridgehead atoms. The number of hydrogen-bond donors (Lipinski definition) is 2. The molecule has 0 fully saturated rings. The largest absolute Gasteiger partial charge is 1.00 e. The van der Waals surface area contributed by atoms with Crippen LogP contribution in [0.15, 0.2) is 0 Å². The van der Waals surface area contributed by atoms with Gasteiger partial charge in [0, 0.05) is 6.61 Å². The summed E-state index contributed by atoms with van der Waals surface area (Å²) in [6.07, 6.45) is 6.44. The van der Waals surface area contributed by atoms with Crippen LogP contribution in [-0.2, 0) is 10.1 Å². The molecule has 0 saturated carbocycles. The third-order valence-electron chi connectivity index (χ3n) is 2.06. The van der Waals surface area contributed by atoms with Crippen molar-refractivity contribution in [3.05, 3.63) is 0 Å². The zero-order chi connectivity index (χ0) is 10.9. The van der Waals surface area contributed by atoms with Crippen LogP contribution in [0.4, 0.5) is 0 Å². The van der Waals surface area contributed by atoms with Gasteiger partial charge in [0.1, 0.15) is 0 Å². The predicted octanol–water partition coefficient (Wildman–Crippen LogP) is -4.39. The monoisotopic (exact) mass is 326 g/mol. The van der Waals surface area contributed by atoms with Crippen LogP contribution < -0.4 is 46.5 Å². The summed E-state index contributed by atoms with van der Waals surface area (Å²) >= 11 is 0. The Bertz CT molecular complexity index is 222. The Morgan fingerprint density at radius 2 is 1.19 bits per heavy atom. The average molecular weight is 327 g/mol. The maximum atomic E-state index is 10.3. The van der Waals surface area contributed by atoms with Crippen LogP contribution in [0, 0.1) is 0 Å². The van der Waals surface area contributed by atoms with Gasteiger partial charge in [-0.2, -0.15) is 8.42 Å². The van der Waals surface area contributed by atoms with E-state index in [9.17, 15) is 8.42 Å².